The van der Waals surface area contributed by atoms with Gasteiger partial charge in [0, 0.05) is 6.54 Å². The van der Waals surface area contributed by atoms with Crippen molar-refractivity contribution in [1.29, 1.82) is 0 Å². The molecule has 3 rings (SSSR count). The number of tetrazole rings is 1. The first-order chi connectivity index (χ1) is 6.95. The highest BCUT2D eigenvalue weighted by Gasteiger charge is 2.31. The van der Waals surface area contributed by atoms with Gasteiger partial charge in [0.15, 0.2) is 0 Å². The third kappa shape index (κ3) is 1.19. The van der Waals surface area contributed by atoms with Crippen molar-refractivity contribution in [1.82, 2.24) is 20.2 Å². The van der Waals surface area contributed by atoms with Crippen LogP contribution in [0, 0.1) is 5.92 Å². The summed E-state index contributed by atoms with van der Waals surface area (Å²) in [5, 5.41) is 15.0. The Morgan fingerprint density at radius 3 is 2.93 bits per heavy atom. The first-order valence-electron chi connectivity index (χ1n) is 5.47. The number of hydrogen-bond acceptors (Lipinski definition) is 4. The summed E-state index contributed by atoms with van der Waals surface area (Å²) < 4.78 is 1.99. The predicted molar refractivity (Wildman–Crippen MR) is 51.9 cm³/mol. The van der Waals surface area contributed by atoms with Crippen LogP contribution in [0.2, 0.25) is 0 Å². The van der Waals surface area contributed by atoms with Crippen LogP contribution in [0.25, 0.3) is 0 Å². The van der Waals surface area contributed by atoms with Crippen molar-refractivity contribution in [3.8, 4) is 0 Å². The molecule has 76 valence electrons. The molecule has 1 atom stereocenters. The van der Waals surface area contributed by atoms with Crippen LogP contribution in [0.3, 0.4) is 0 Å². The molecule has 0 saturated heterocycles. The third-order valence-electron chi connectivity index (χ3n) is 3.47. The lowest BCUT2D eigenvalue weighted by molar-refractivity contribution is 0.285. The fourth-order valence-corrected chi connectivity index (χ4v) is 2.77. The van der Waals surface area contributed by atoms with E-state index in [4.69, 9.17) is 0 Å². The Kier molecular flexibility index (Phi) is 1.89. The number of anilines is 1. The molecule has 1 aromatic heterocycles. The van der Waals surface area contributed by atoms with E-state index >= 15 is 0 Å². The molecule has 0 spiro atoms. The van der Waals surface area contributed by atoms with Gasteiger partial charge in [-0.25, -0.2) is 4.68 Å². The molecular formula is C9H15N5. The lowest BCUT2D eigenvalue weighted by Crippen LogP contribution is -2.28. The van der Waals surface area contributed by atoms with Gasteiger partial charge in [-0.3, -0.25) is 0 Å². The van der Waals surface area contributed by atoms with Gasteiger partial charge in [-0.15, -0.1) is 0 Å². The van der Waals surface area contributed by atoms with Gasteiger partial charge in [-0.2, -0.15) is 0 Å². The van der Waals surface area contributed by atoms with Gasteiger partial charge in [0.1, 0.15) is 0 Å². The van der Waals surface area contributed by atoms with E-state index in [1.807, 2.05) is 4.68 Å². The van der Waals surface area contributed by atoms with E-state index in [-0.39, 0.29) is 0 Å². The Morgan fingerprint density at radius 2 is 2.07 bits per heavy atom. The van der Waals surface area contributed by atoms with Gasteiger partial charge in [0.2, 0.25) is 5.95 Å². The molecule has 1 aliphatic carbocycles. The van der Waals surface area contributed by atoms with E-state index in [9.17, 15) is 0 Å². The highest BCUT2D eigenvalue weighted by atomic mass is 15.6. The number of rotatable bonds is 1. The molecule has 1 aliphatic heterocycles. The average molecular weight is 193 g/mol. The Morgan fingerprint density at radius 1 is 1.21 bits per heavy atom. The topological polar surface area (TPSA) is 55.6 Å². The standard InChI is InChI=1S/C9H15N5/c1-2-4-7(3-1)8-5-6-10-9-11-12-13-14(8)9/h7-8H,1-6H2,(H,10,11,13). The summed E-state index contributed by atoms with van der Waals surface area (Å²) in [5.74, 6) is 1.66. The number of aromatic nitrogens is 4. The molecule has 2 aliphatic rings. The Hall–Kier alpha value is -1.13. The lowest BCUT2D eigenvalue weighted by atomic mass is 9.95. The van der Waals surface area contributed by atoms with Crippen molar-refractivity contribution < 1.29 is 0 Å². The van der Waals surface area contributed by atoms with Crippen molar-refractivity contribution in [3.63, 3.8) is 0 Å². The third-order valence-corrected chi connectivity index (χ3v) is 3.47. The monoisotopic (exact) mass is 193 g/mol. The predicted octanol–water partition coefficient (Wildman–Crippen LogP) is 1.22. The summed E-state index contributed by atoms with van der Waals surface area (Å²) in [4.78, 5) is 0. The second-order valence-corrected chi connectivity index (χ2v) is 4.27. The molecule has 5 nitrogen and oxygen atoms in total. The number of hydrogen-bond donors (Lipinski definition) is 1. The van der Waals surface area contributed by atoms with Crippen LogP contribution in [0.1, 0.15) is 38.1 Å². The van der Waals surface area contributed by atoms with Crippen molar-refractivity contribution in [3.05, 3.63) is 0 Å². The Labute approximate surface area is 82.9 Å². The van der Waals surface area contributed by atoms with Gasteiger partial charge < -0.3 is 5.32 Å². The molecule has 1 saturated carbocycles. The lowest BCUT2D eigenvalue weighted by Gasteiger charge is -2.28. The van der Waals surface area contributed by atoms with Crippen molar-refractivity contribution in [2.24, 2.45) is 5.92 Å². The first-order valence-corrected chi connectivity index (χ1v) is 5.47. The van der Waals surface area contributed by atoms with Crippen LogP contribution in [0.15, 0.2) is 0 Å². The summed E-state index contributed by atoms with van der Waals surface area (Å²) >= 11 is 0. The fourth-order valence-electron chi connectivity index (χ4n) is 2.77. The molecule has 0 amide bonds. The highest BCUT2D eigenvalue weighted by molar-refractivity contribution is 5.24. The maximum atomic E-state index is 4.08. The largest absolute Gasteiger partial charge is 0.353 e. The smallest absolute Gasteiger partial charge is 0.243 e. The van der Waals surface area contributed by atoms with Crippen LogP contribution >= 0.6 is 0 Å². The maximum Gasteiger partial charge on any atom is 0.243 e. The summed E-state index contributed by atoms with van der Waals surface area (Å²) in [6, 6.07) is 0.545. The van der Waals surface area contributed by atoms with Crippen LogP contribution in [-0.4, -0.2) is 26.8 Å². The first kappa shape index (κ1) is 8.20. The second kappa shape index (κ2) is 3.22. The zero-order valence-electron chi connectivity index (χ0n) is 8.19. The second-order valence-electron chi connectivity index (χ2n) is 4.27. The molecule has 0 aromatic carbocycles. The summed E-state index contributed by atoms with van der Waals surface area (Å²) in [5.41, 5.74) is 0. The SMILES string of the molecule is C1CCC(C2CCNc3nnnn32)C1. The van der Waals surface area contributed by atoms with Gasteiger partial charge >= 0.3 is 0 Å². The molecule has 0 bridgehead atoms. The summed E-state index contributed by atoms with van der Waals surface area (Å²) in [6.07, 6.45) is 6.63. The normalized spacial score (nSPS) is 27.3. The molecule has 2 heterocycles. The highest BCUT2D eigenvalue weighted by Crippen LogP contribution is 2.37. The van der Waals surface area contributed by atoms with Gasteiger partial charge in [-0.1, -0.05) is 17.9 Å². The molecule has 1 N–H and O–H groups in total. The minimum Gasteiger partial charge on any atom is -0.353 e. The molecule has 5 heteroatoms. The van der Waals surface area contributed by atoms with Crippen LogP contribution in [0.4, 0.5) is 5.95 Å². The van der Waals surface area contributed by atoms with E-state index in [0.717, 1.165) is 18.4 Å². The van der Waals surface area contributed by atoms with E-state index in [1.165, 1.54) is 32.1 Å². The zero-order chi connectivity index (χ0) is 9.38. The Bertz CT molecular complexity index is 315. The van der Waals surface area contributed by atoms with Crippen LogP contribution in [0.5, 0.6) is 0 Å². The minimum atomic E-state index is 0.545. The molecule has 1 unspecified atom stereocenters. The van der Waals surface area contributed by atoms with Crippen LogP contribution < -0.4 is 5.32 Å². The van der Waals surface area contributed by atoms with E-state index in [1.54, 1.807) is 0 Å². The van der Waals surface area contributed by atoms with Gasteiger partial charge in [0.25, 0.3) is 0 Å². The zero-order valence-corrected chi connectivity index (χ0v) is 8.19. The Balaban J connectivity index is 1.88. The fraction of sp³-hybridized carbons (Fsp3) is 0.889. The number of nitrogens with one attached hydrogen (secondary N) is 1. The van der Waals surface area contributed by atoms with E-state index < -0.39 is 0 Å². The molecule has 1 aromatic rings. The summed E-state index contributed by atoms with van der Waals surface area (Å²) in [7, 11) is 0. The van der Waals surface area contributed by atoms with Crippen molar-refractivity contribution in [2.75, 3.05) is 11.9 Å². The molecule has 14 heavy (non-hydrogen) atoms. The molecular weight excluding hydrogens is 178 g/mol. The quantitative estimate of drug-likeness (QED) is 0.728. The van der Waals surface area contributed by atoms with Crippen molar-refractivity contribution in [2.45, 2.75) is 38.1 Å². The minimum absolute atomic E-state index is 0.545. The summed E-state index contributed by atoms with van der Waals surface area (Å²) in [6.45, 7) is 1.02. The van der Waals surface area contributed by atoms with Gasteiger partial charge in [-0.05, 0) is 35.6 Å². The van der Waals surface area contributed by atoms with Gasteiger partial charge in [0.05, 0.1) is 6.04 Å². The maximum absolute atomic E-state index is 4.08. The van der Waals surface area contributed by atoms with Crippen molar-refractivity contribution >= 4 is 5.95 Å². The molecule has 1 fully saturated rings. The number of fused-ring (bicyclic) bond motifs is 1. The van der Waals surface area contributed by atoms with Crippen LogP contribution in [-0.2, 0) is 0 Å². The van der Waals surface area contributed by atoms with E-state index in [0.29, 0.717) is 6.04 Å². The molecule has 0 radical (unpaired) electrons. The van der Waals surface area contributed by atoms with E-state index in [2.05, 4.69) is 20.8 Å². The average Bonchev–Trinajstić information content (AvgIpc) is 2.88. The number of nitrogens with zero attached hydrogens (tertiary/aromatic N) is 4.